The molecule has 0 radical (unpaired) electrons. The van der Waals surface area contributed by atoms with Crippen molar-refractivity contribution < 1.29 is 4.74 Å². The molecule has 2 rings (SSSR count). The molecule has 1 aliphatic heterocycles. The van der Waals surface area contributed by atoms with Crippen molar-refractivity contribution in [1.29, 1.82) is 0 Å². The van der Waals surface area contributed by atoms with Crippen LogP contribution < -0.4 is 5.73 Å². The first-order valence-electron chi connectivity index (χ1n) is 7.50. The summed E-state index contributed by atoms with van der Waals surface area (Å²) < 4.78 is 5.48. The van der Waals surface area contributed by atoms with Crippen LogP contribution in [0.2, 0.25) is 0 Å². The van der Waals surface area contributed by atoms with Crippen molar-refractivity contribution in [3.63, 3.8) is 0 Å². The minimum atomic E-state index is 0.248. The van der Waals surface area contributed by atoms with Gasteiger partial charge in [0.15, 0.2) is 0 Å². The summed E-state index contributed by atoms with van der Waals surface area (Å²) in [6.07, 6.45) is 7.45. The Labute approximate surface area is 112 Å². The second-order valence-electron chi connectivity index (χ2n) is 7.05. The van der Waals surface area contributed by atoms with E-state index in [1.165, 1.54) is 38.5 Å². The summed E-state index contributed by atoms with van der Waals surface area (Å²) in [4.78, 5) is 2.60. The lowest BCUT2D eigenvalue weighted by molar-refractivity contribution is -0.0296. The largest absolute Gasteiger partial charge is 0.381 e. The van der Waals surface area contributed by atoms with Crippen molar-refractivity contribution in [2.24, 2.45) is 11.1 Å². The van der Waals surface area contributed by atoms with E-state index in [9.17, 15) is 0 Å². The molecule has 0 atom stereocenters. The van der Waals surface area contributed by atoms with E-state index in [2.05, 4.69) is 25.8 Å². The van der Waals surface area contributed by atoms with Crippen LogP contribution in [-0.4, -0.2) is 43.3 Å². The average Bonchev–Trinajstić information content (AvgIpc) is 2.40. The number of rotatable bonds is 3. The number of ether oxygens (including phenoxy) is 1. The van der Waals surface area contributed by atoms with Gasteiger partial charge in [-0.3, -0.25) is 4.90 Å². The van der Waals surface area contributed by atoms with Gasteiger partial charge < -0.3 is 10.5 Å². The third kappa shape index (κ3) is 2.89. The highest BCUT2D eigenvalue weighted by Gasteiger charge is 2.42. The quantitative estimate of drug-likeness (QED) is 0.840. The molecule has 3 nitrogen and oxygen atoms in total. The Hall–Kier alpha value is -0.120. The molecule has 2 N–H and O–H groups in total. The maximum Gasteiger partial charge on any atom is 0.0480 e. The van der Waals surface area contributed by atoms with E-state index in [1.807, 2.05) is 0 Å². The maximum absolute atomic E-state index is 6.16. The Morgan fingerprint density at radius 1 is 1.11 bits per heavy atom. The van der Waals surface area contributed by atoms with E-state index < -0.39 is 0 Å². The maximum atomic E-state index is 6.16. The molecular weight excluding hydrogens is 224 g/mol. The van der Waals surface area contributed by atoms with Gasteiger partial charge in [-0.2, -0.15) is 0 Å². The first kappa shape index (κ1) is 14.3. The first-order chi connectivity index (χ1) is 8.49. The van der Waals surface area contributed by atoms with Crippen molar-refractivity contribution in [3.8, 4) is 0 Å². The van der Waals surface area contributed by atoms with Crippen LogP contribution in [0.3, 0.4) is 0 Å². The van der Waals surface area contributed by atoms with E-state index in [0.717, 1.165) is 19.8 Å². The van der Waals surface area contributed by atoms with Crippen molar-refractivity contribution in [2.75, 3.05) is 26.8 Å². The average molecular weight is 254 g/mol. The molecule has 1 saturated heterocycles. The van der Waals surface area contributed by atoms with E-state index in [1.54, 1.807) is 0 Å². The molecule has 2 fully saturated rings. The normalized spacial score (nSPS) is 28.5. The summed E-state index contributed by atoms with van der Waals surface area (Å²) in [6.45, 7) is 7.42. The Balaban J connectivity index is 2.02. The predicted molar refractivity (Wildman–Crippen MR) is 75.6 cm³/mol. The molecule has 0 amide bonds. The highest BCUT2D eigenvalue weighted by Crippen LogP contribution is 2.43. The summed E-state index contributed by atoms with van der Waals surface area (Å²) >= 11 is 0. The van der Waals surface area contributed by atoms with Crippen molar-refractivity contribution in [2.45, 2.75) is 64.0 Å². The number of hydrogen-bond donors (Lipinski definition) is 1. The molecule has 0 spiro atoms. The van der Waals surface area contributed by atoms with Crippen LogP contribution in [0.4, 0.5) is 0 Å². The fourth-order valence-electron chi connectivity index (χ4n) is 3.55. The third-order valence-corrected chi connectivity index (χ3v) is 5.40. The monoisotopic (exact) mass is 254 g/mol. The molecule has 1 saturated carbocycles. The second kappa shape index (κ2) is 5.48. The molecular formula is C15H30N2O. The zero-order chi connectivity index (χ0) is 13.2. The number of likely N-dealkylation sites (N-methyl/N-ethyl adjacent to an activating group) is 1. The van der Waals surface area contributed by atoms with E-state index in [-0.39, 0.29) is 5.54 Å². The third-order valence-electron chi connectivity index (χ3n) is 5.40. The fraction of sp³-hybridized carbons (Fsp3) is 1.00. The number of nitrogens with two attached hydrogens (primary N) is 1. The topological polar surface area (TPSA) is 38.5 Å². The lowest BCUT2D eigenvalue weighted by Crippen LogP contribution is -2.59. The van der Waals surface area contributed by atoms with Gasteiger partial charge in [-0.15, -0.1) is 0 Å². The SMILES string of the molecule is CN(C1CCOCC1)C1(CN)CCC(C)(C)CC1. The van der Waals surface area contributed by atoms with Crippen LogP contribution in [0.5, 0.6) is 0 Å². The summed E-state index contributed by atoms with van der Waals surface area (Å²) in [5.74, 6) is 0. The van der Waals surface area contributed by atoms with E-state index >= 15 is 0 Å². The van der Waals surface area contributed by atoms with E-state index in [0.29, 0.717) is 11.5 Å². The van der Waals surface area contributed by atoms with Crippen LogP contribution in [0.15, 0.2) is 0 Å². The van der Waals surface area contributed by atoms with Crippen molar-refractivity contribution in [1.82, 2.24) is 4.90 Å². The molecule has 106 valence electrons. The molecule has 0 aromatic rings. The van der Waals surface area contributed by atoms with E-state index in [4.69, 9.17) is 10.5 Å². The number of nitrogens with zero attached hydrogens (tertiary/aromatic N) is 1. The van der Waals surface area contributed by atoms with Gasteiger partial charge in [0.05, 0.1) is 0 Å². The summed E-state index contributed by atoms with van der Waals surface area (Å²) in [6, 6.07) is 0.670. The second-order valence-corrected chi connectivity index (χ2v) is 7.05. The molecule has 0 aromatic carbocycles. The number of hydrogen-bond acceptors (Lipinski definition) is 3. The van der Waals surface area contributed by atoms with Crippen LogP contribution in [0.25, 0.3) is 0 Å². The minimum absolute atomic E-state index is 0.248. The highest BCUT2D eigenvalue weighted by molar-refractivity contribution is 4.99. The molecule has 18 heavy (non-hydrogen) atoms. The molecule has 2 aliphatic rings. The van der Waals surface area contributed by atoms with Crippen LogP contribution in [0.1, 0.15) is 52.4 Å². The Kier molecular flexibility index (Phi) is 4.35. The van der Waals surface area contributed by atoms with Gasteiger partial charge in [-0.05, 0) is 51.0 Å². The van der Waals surface area contributed by atoms with Gasteiger partial charge >= 0.3 is 0 Å². The molecule has 0 unspecified atom stereocenters. The predicted octanol–water partition coefficient (Wildman–Crippen LogP) is 2.39. The van der Waals surface area contributed by atoms with Crippen LogP contribution >= 0.6 is 0 Å². The van der Waals surface area contributed by atoms with Crippen LogP contribution in [0, 0.1) is 5.41 Å². The smallest absolute Gasteiger partial charge is 0.0480 e. The van der Waals surface area contributed by atoms with Gasteiger partial charge in [0.25, 0.3) is 0 Å². The van der Waals surface area contributed by atoms with Gasteiger partial charge in [-0.25, -0.2) is 0 Å². The first-order valence-corrected chi connectivity index (χ1v) is 7.50. The molecule has 0 aromatic heterocycles. The van der Waals surface area contributed by atoms with Crippen molar-refractivity contribution in [3.05, 3.63) is 0 Å². The molecule has 1 aliphatic carbocycles. The Morgan fingerprint density at radius 3 is 2.17 bits per heavy atom. The Morgan fingerprint density at radius 2 is 1.67 bits per heavy atom. The summed E-state index contributed by atoms with van der Waals surface area (Å²) in [7, 11) is 2.29. The fourth-order valence-corrected chi connectivity index (χ4v) is 3.55. The lowest BCUT2D eigenvalue weighted by Gasteiger charge is -2.51. The van der Waals surface area contributed by atoms with Gasteiger partial charge in [-0.1, -0.05) is 13.8 Å². The lowest BCUT2D eigenvalue weighted by atomic mass is 9.68. The summed E-state index contributed by atoms with van der Waals surface area (Å²) in [5.41, 5.74) is 6.92. The highest BCUT2D eigenvalue weighted by atomic mass is 16.5. The van der Waals surface area contributed by atoms with Gasteiger partial charge in [0, 0.05) is 31.3 Å². The van der Waals surface area contributed by atoms with Crippen LogP contribution in [-0.2, 0) is 4.74 Å². The summed E-state index contributed by atoms with van der Waals surface area (Å²) in [5, 5.41) is 0. The molecule has 0 bridgehead atoms. The minimum Gasteiger partial charge on any atom is -0.381 e. The Bertz CT molecular complexity index is 262. The zero-order valence-corrected chi connectivity index (χ0v) is 12.4. The molecule has 3 heteroatoms. The van der Waals surface area contributed by atoms with Gasteiger partial charge in [0.1, 0.15) is 0 Å². The standard InChI is InChI=1S/C15H30N2O/c1-14(2)6-8-15(12-16,9-7-14)17(3)13-4-10-18-11-5-13/h13H,4-12,16H2,1-3H3. The zero-order valence-electron chi connectivity index (χ0n) is 12.4. The molecule has 1 heterocycles. The van der Waals surface area contributed by atoms with Crippen molar-refractivity contribution >= 4 is 0 Å². The van der Waals surface area contributed by atoms with Gasteiger partial charge in [0.2, 0.25) is 0 Å².